The van der Waals surface area contributed by atoms with Gasteiger partial charge in [0.25, 0.3) is 0 Å². The van der Waals surface area contributed by atoms with Crippen molar-refractivity contribution < 1.29 is 9.53 Å². The molecule has 2 heterocycles. The summed E-state index contributed by atoms with van der Waals surface area (Å²) in [6, 6.07) is 5.80. The molecule has 1 saturated heterocycles. The van der Waals surface area contributed by atoms with Gasteiger partial charge in [0, 0.05) is 35.1 Å². The number of aromatic nitrogens is 1. The molecule has 1 aromatic carbocycles. The van der Waals surface area contributed by atoms with Crippen molar-refractivity contribution in [3.63, 3.8) is 0 Å². The first-order valence-corrected chi connectivity index (χ1v) is 7.83. The minimum Gasteiger partial charge on any atom is -0.378 e. The maximum Gasteiger partial charge on any atom is 0.163 e. The fraction of sp³-hybridized carbons (Fsp3) is 0.412. The van der Waals surface area contributed by atoms with E-state index in [1.807, 2.05) is 25.1 Å². The highest BCUT2D eigenvalue weighted by Crippen LogP contribution is 2.26. The third-order valence-corrected chi connectivity index (χ3v) is 4.33. The monoisotopic (exact) mass is 301 g/mol. The van der Waals surface area contributed by atoms with Gasteiger partial charge in [-0.25, -0.2) is 0 Å². The maximum absolute atomic E-state index is 12.5. The molecule has 21 heavy (non-hydrogen) atoms. The highest BCUT2D eigenvalue weighted by Gasteiger charge is 2.18. The number of ether oxygens (including phenoxy) is 1. The number of hydrogen-bond acceptors (Lipinski definition) is 4. The molecular formula is C17H19NO2S. The molecular weight excluding hydrogens is 282 g/mol. The number of carbonyl (C=O) groups is 1. The molecule has 0 amide bonds. The van der Waals surface area contributed by atoms with Crippen LogP contribution in [0.2, 0.25) is 0 Å². The lowest BCUT2D eigenvalue weighted by atomic mass is 9.99. The molecule has 0 N–H and O–H groups in total. The van der Waals surface area contributed by atoms with Gasteiger partial charge in [0.2, 0.25) is 0 Å². The highest BCUT2D eigenvalue weighted by atomic mass is 32.1. The molecule has 1 aliphatic rings. The van der Waals surface area contributed by atoms with E-state index in [-0.39, 0.29) is 11.9 Å². The molecule has 3 rings (SSSR count). The van der Waals surface area contributed by atoms with Crippen LogP contribution in [0.1, 0.15) is 41.6 Å². The molecule has 4 heteroatoms. The summed E-state index contributed by atoms with van der Waals surface area (Å²) in [5, 5.41) is 0.903. The van der Waals surface area contributed by atoms with Gasteiger partial charge in [0.1, 0.15) is 0 Å². The van der Waals surface area contributed by atoms with E-state index in [0.29, 0.717) is 6.42 Å². The Balaban J connectivity index is 1.87. The van der Waals surface area contributed by atoms with Crippen LogP contribution in [-0.4, -0.2) is 23.5 Å². The van der Waals surface area contributed by atoms with Crippen molar-refractivity contribution in [2.24, 2.45) is 0 Å². The number of nitrogens with zero attached hydrogens (tertiary/aromatic N) is 1. The van der Waals surface area contributed by atoms with Gasteiger partial charge in [-0.05, 0) is 49.9 Å². The molecule has 1 unspecified atom stereocenters. The predicted octanol–water partition coefficient (Wildman–Crippen LogP) is 3.97. The van der Waals surface area contributed by atoms with Crippen LogP contribution in [-0.2, 0) is 4.74 Å². The van der Waals surface area contributed by atoms with Crippen LogP contribution in [0, 0.1) is 6.92 Å². The minimum absolute atomic E-state index is 0.163. The first-order chi connectivity index (χ1) is 10.1. The normalized spacial score (nSPS) is 18.3. The molecule has 1 aliphatic heterocycles. The molecule has 110 valence electrons. The summed E-state index contributed by atoms with van der Waals surface area (Å²) in [7, 11) is 0. The predicted molar refractivity (Wildman–Crippen MR) is 86.3 cm³/mol. The lowest BCUT2D eigenvalue weighted by Gasteiger charge is -2.10. The molecule has 0 saturated carbocycles. The summed E-state index contributed by atoms with van der Waals surface area (Å²) in [6.07, 6.45) is 5.46. The van der Waals surface area contributed by atoms with E-state index in [9.17, 15) is 4.79 Å². The Kier molecular flexibility index (Phi) is 4.27. The number of thiol groups is 1. The Labute approximate surface area is 130 Å². The van der Waals surface area contributed by atoms with Gasteiger partial charge in [-0.1, -0.05) is 0 Å². The minimum atomic E-state index is 0.163. The molecule has 1 fully saturated rings. The lowest BCUT2D eigenvalue weighted by molar-refractivity contribution is 0.0860. The second-order valence-corrected chi connectivity index (χ2v) is 6.12. The van der Waals surface area contributed by atoms with Gasteiger partial charge in [-0.2, -0.15) is 0 Å². The van der Waals surface area contributed by atoms with E-state index < -0.39 is 0 Å². The SMILES string of the molecule is Cc1cc(S)c2nccc(C(=O)CCC3CCCO3)c2c1. The third-order valence-electron chi connectivity index (χ3n) is 3.99. The van der Waals surface area contributed by atoms with Gasteiger partial charge in [0.05, 0.1) is 11.6 Å². The molecule has 1 aromatic heterocycles. The van der Waals surface area contributed by atoms with Gasteiger partial charge in [-0.15, -0.1) is 12.6 Å². The summed E-state index contributed by atoms with van der Waals surface area (Å²) in [5.41, 5.74) is 2.64. The number of fused-ring (bicyclic) bond motifs is 1. The molecule has 0 spiro atoms. The van der Waals surface area contributed by atoms with Crippen LogP contribution >= 0.6 is 12.6 Å². The smallest absolute Gasteiger partial charge is 0.163 e. The number of benzene rings is 1. The van der Waals surface area contributed by atoms with E-state index in [4.69, 9.17) is 4.74 Å². The first kappa shape index (κ1) is 14.5. The Morgan fingerprint density at radius 1 is 1.48 bits per heavy atom. The molecule has 1 atom stereocenters. The highest BCUT2D eigenvalue weighted by molar-refractivity contribution is 7.80. The van der Waals surface area contributed by atoms with Crippen molar-refractivity contribution in [3.05, 3.63) is 35.5 Å². The van der Waals surface area contributed by atoms with Crippen molar-refractivity contribution >= 4 is 29.3 Å². The Bertz CT molecular complexity index is 678. The van der Waals surface area contributed by atoms with E-state index in [0.717, 1.165) is 52.8 Å². The number of pyridine rings is 1. The van der Waals surface area contributed by atoms with Gasteiger partial charge in [0.15, 0.2) is 5.78 Å². The summed E-state index contributed by atoms with van der Waals surface area (Å²) in [5.74, 6) is 0.163. The van der Waals surface area contributed by atoms with E-state index >= 15 is 0 Å². The van der Waals surface area contributed by atoms with Gasteiger partial charge < -0.3 is 4.74 Å². The lowest BCUT2D eigenvalue weighted by Crippen LogP contribution is -2.09. The second kappa shape index (κ2) is 6.16. The van der Waals surface area contributed by atoms with Crippen LogP contribution in [0.25, 0.3) is 10.9 Å². The van der Waals surface area contributed by atoms with Crippen molar-refractivity contribution in [1.82, 2.24) is 4.98 Å². The van der Waals surface area contributed by atoms with Crippen molar-refractivity contribution in [3.8, 4) is 0 Å². The fourth-order valence-corrected chi connectivity index (χ4v) is 3.30. The van der Waals surface area contributed by atoms with Crippen LogP contribution in [0.4, 0.5) is 0 Å². The average molecular weight is 301 g/mol. The Hall–Kier alpha value is -1.39. The van der Waals surface area contributed by atoms with Gasteiger partial charge in [-0.3, -0.25) is 9.78 Å². The van der Waals surface area contributed by atoms with Crippen LogP contribution in [0.15, 0.2) is 29.3 Å². The van der Waals surface area contributed by atoms with E-state index in [2.05, 4.69) is 17.6 Å². The number of Topliss-reactive ketones (excluding diaryl/α,β-unsaturated/α-hetero) is 1. The number of hydrogen-bond donors (Lipinski definition) is 1. The van der Waals surface area contributed by atoms with Crippen LogP contribution < -0.4 is 0 Å². The molecule has 2 aromatic rings. The second-order valence-electron chi connectivity index (χ2n) is 5.64. The van der Waals surface area contributed by atoms with Crippen molar-refractivity contribution in [2.45, 2.75) is 43.6 Å². The quantitative estimate of drug-likeness (QED) is 0.686. The summed E-state index contributed by atoms with van der Waals surface area (Å²) < 4.78 is 5.59. The molecule has 0 radical (unpaired) electrons. The summed E-state index contributed by atoms with van der Waals surface area (Å²) in [6.45, 7) is 2.84. The zero-order chi connectivity index (χ0) is 14.8. The largest absolute Gasteiger partial charge is 0.378 e. The number of ketones is 1. The maximum atomic E-state index is 12.5. The summed E-state index contributed by atoms with van der Waals surface area (Å²) >= 11 is 4.47. The zero-order valence-electron chi connectivity index (χ0n) is 12.1. The number of carbonyl (C=O) groups excluding carboxylic acids is 1. The van der Waals surface area contributed by atoms with E-state index in [1.54, 1.807) is 6.20 Å². The first-order valence-electron chi connectivity index (χ1n) is 7.38. The van der Waals surface area contributed by atoms with Gasteiger partial charge >= 0.3 is 0 Å². The Morgan fingerprint density at radius 2 is 2.33 bits per heavy atom. The van der Waals surface area contributed by atoms with Crippen molar-refractivity contribution in [1.29, 1.82) is 0 Å². The molecule has 3 nitrogen and oxygen atoms in total. The molecule has 0 aliphatic carbocycles. The van der Waals surface area contributed by atoms with Crippen molar-refractivity contribution in [2.75, 3.05) is 6.61 Å². The van der Waals surface area contributed by atoms with Crippen LogP contribution in [0.5, 0.6) is 0 Å². The standard InChI is InChI=1S/C17H19NO2S/c1-11-9-14-13(6-7-18-17(14)16(21)10-11)15(19)5-4-12-3-2-8-20-12/h6-7,9-10,12,21H,2-5,8H2,1H3. The third kappa shape index (κ3) is 3.11. The number of rotatable bonds is 4. The van der Waals surface area contributed by atoms with E-state index in [1.165, 1.54) is 0 Å². The Morgan fingerprint density at radius 3 is 3.10 bits per heavy atom. The fourth-order valence-electron chi connectivity index (χ4n) is 2.92. The summed E-state index contributed by atoms with van der Waals surface area (Å²) in [4.78, 5) is 17.7. The topological polar surface area (TPSA) is 39.2 Å². The average Bonchev–Trinajstić information content (AvgIpc) is 2.97. The molecule has 0 bridgehead atoms. The van der Waals surface area contributed by atoms with Crippen LogP contribution in [0.3, 0.4) is 0 Å². The zero-order valence-corrected chi connectivity index (χ0v) is 13.0. The number of aryl methyl sites for hydroxylation is 1.